The lowest BCUT2D eigenvalue weighted by Crippen LogP contribution is -2.37. The van der Waals surface area contributed by atoms with E-state index in [9.17, 15) is 9.59 Å². The first-order chi connectivity index (χ1) is 12.1. The molecule has 0 saturated carbocycles. The van der Waals surface area contributed by atoms with Crippen LogP contribution < -0.4 is 11.1 Å². The molecule has 0 radical (unpaired) electrons. The van der Waals surface area contributed by atoms with Gasteiger partial charge in [0.15, 0.2) is 0 Å². The van der Waals surface area contributed by atoms with Crippen LogP contribution in [0.2, 0.25) is 0 Å². The standard InChI is InChI=1S/C20H23N3O2/c21-18(14-15-6-2-1-3-7-15)19(24)22-17-10-8-16(9-11-17)20(25)23-12-4-5-13-23/h1-3,6-11,18H,4-5,12-14,21H2,(H,22,24). The molecule has 0 aliphatic carbocycles. The molecule has 1 fully saturated rings. The van der Waals surface area contributed by atoms with Gasteiger partial charge in [-0.2, -0.15) is 0 Å². The molecule has 1 aliphatic heterocycles. The maximum absolute atomic E-state index is 12.3. The van der Waals surface area contributed by atoms with E-state index < -0.39 is 6.04 Å². The minimum Gasteiger partial charge on any atom is -0.339 e. The SMILES string of the molecule is NC(Cc1ccccc1)C(=O)Nc1ccc(C(=O)N2CCCC2)cc1. The maximum atomic E-state index is 12.3. The fraction of sp³-hybridized carbons (Fsp3) is 0.300. The Morgan fingerprint density at radius 3 is 2.28 bits per heavy atom. The van der Waals surface area contributed by atoms with E-state index in [4.69, 9.17) is 5.73 Å². The number of carbonyl (C=O) groups excluding carboxylic acids is 2. The summed E-state index contributed by atoms with van der Waals surface area (Å²) >= 11 is 0. The van der Waals surface area contributed by atoms with Crippen molar-refractivity contribution in [3.05, 3.63) is 65.7 Å². The van der Waals surface area contributed by atoms with Crippen LogP contribution in [0.3, 0.4) is 0 Å². The topological polar surface area (TPSA) is 75.4 Å². The summed E-state index contributed by atoms with van der Waals surface area (Å²) in [6.45, 7) is 1.65. The van der Waals surface area contributed by atoms with Crippen LogP contribution in [0, 0.1) is 0 Å². The minimum atomic E-state index is -0.617. The molecule has 25 heavy (non-hydrogen) atoms. The molecule has 2 aromatic rings. The molecular weight excluding hydrogens is 314 g/mol. The number of likely N-dealkylation sites (tertiary alicyclic amines) is 1. The molecule has 2 amide bonds. The van der Waals surface area contributed by atoms with E-state index in [2.05, 4.69) is 5.32 Å². The summed E-state index contributed by atoms with van der Waals surface area (Å²) in [7, 11) is 0. The zero-order chi connectivity index (χ0) is 17.6. The summed E-state index contributed by atoms with van der Waals surface area (Å²) in [5, 5.41) is 2.81. The highest BCUT2D eigenvalue weighted by Crippen LogP contribution is 2.15. The van der Waals surface area contributed by atoms with Crippen LogP contribution in [0.25, 0.3) is 0 Å². The minimum absolute atomic E-state index is 0.0520. The molecule has 2 aromatic carbocycles. The van der Waals surface area contributed by atoms with Crippen molar-refractivity contribution in [1.29, 1.82) is 0 Å². The molecule has 1 atom stereocenters. The van der Waals surface area contributed by atoms with Crippen molar-refractivity contribution in [3.63, 3.8) is 0 Å². The molecule has 1 aliphatic rings. The van der Waals surface area contributed by atoms with Gasteiger partial charge in [0.05, 0.1) is 6.04 Å². The van der Waals surface area contributed by atoms with E-state index in [0.29, 0.717) is 17.7 Å². The highest BCUT2D eigenvalue weighted by atomic mass is 16.2. The van der Waals surface area contributed by atoms with Crippen molar-refractivity contribution >= 4 is 17.5 Å². The zero-order valence-electron chi connectivity index (χ0n) is 14.2. The second-order valence-electron chi connectivity index (χ2n) is 6.36. The van der Waals surface area contributed by atoms with Gasteiger partial charge in [0, 0.05) is 24.3 Å². The van der Waals surface area contributed by atoms with Crippen LogP contribution in [0.4, 0.5) is 5.69 Å². The van der Waals surface area contributed by atoms with E-state index in [1.807, 2.05) is 35.2 Å². The number of rotatable bonds is 5. The third-order valence-electron chi connectivity index (χ3n) is 4.43. The lowest BCUT2D eigenvalue weighted by molar-refractivity contribution is -0.117. The van der Waals surface area contributed by atoms with Crippen LogP contribution in [0.15, 0.2) is 54.6 Å². The lowest BCUT2D eigenvalue weighted by atomic mass is 10.1. The molecule has 1 heterocycles. The molecular formula is C20H23N3O2. The molecule has 0 aromatic heterocycles. The van der Waals surface area contributed by atoms with Crippen molar-refractivity contribution in [1.82, 2.24) is 4.90 Å². The number of carbonyl (C=O) groups is 2. The van der Waals surface area contributed by atoms with Gasteiger partial charge in [0.2, 0.25) is 5.91 Å². The van der Waals surface area contributed by atoms with Crippen LogP contribution >= 0.6 is 0 Å². The normalized spacial score (nSPS) is 15.0. The smallest absolute Gasteiger partial charge is 0.253 e. The lowest BCUT2D eigenvalue weighted by Gasteiger charge is -2.16. The number of nitrogens with two attached hydrogens (primary N) is 1. The number of hydrogen-bond donors (Lipinski definition) is 2. The monoisotopic (exact) mass is 337 g/mol. The van der Waals surface area contributed by atoms with Gasteiger partial charge in [-0.3, -0.25) is 9.59 Å². The molecule has 5 nitrogen and oxygen atoms in total. The summed E-state index contributed by atoms with van der Waals surface area (Å²) in [5.74, 6) is -0.182. The number of hydrogen-bond acceptors (Lipinski definition) is 3. The van der Waals surface area contributed by atoms with E-state index in [0.717, 1.165) is 31.5 Å². The molecule has 5 heteroatoms. The first kappa shape index (κ1) is 17.2. The van der Waals surface area contributed by atoms with E-state index in [1.165, 1.54) is 0 Å². The Balaban J connectivity index is 1.57. The zero-order valence-corrected chi connectivity index (χ0v) is 14.2. The number of nitrogens with one attached hydrogen (secondary N) is 1. The Kier molecular flexibility index (Phi) is 5.46. The third-order valence-corrected chi connectivity index (χ3v) is 4.43. The van der Waals surface area contributed by atoms with Gasteiger partial charge in [-0.1, -0.05) is 30.3 Å². The predicted octanol–water partition coefficient (Wildman–Crippen LogP) is 2.43. The quantitative estimate of drug-likeness (QED) is 0.880. The van der Waals surface area contributed by atoms with Crippen LogP contribution in [0.1, 0.15) is 28.8 Å². The van der Waals surface area contributed by atoms with E-state index >= 15 is 0 Å². The molecule has 0 bridgehead atoms. The van der Waals surface area contributed by atoms with Gasteiger partial charge in [0.25, 0.3) is 5.91 Å². The van der Waals surface area contributed by atoms with Gasteiger partial charge >= 0.3 is 0 Å². The summed E-state index contributed by atoms with van der Waals surface area (Å²) in [6, 6.07) is 16.1. The van der Waals surface area contributed by atoms with E-state index in [-0.39, 0.29) is 11.8 Å². The number of benzene rings is 2. The predicted molar refractivity (Wildman–Crippen MR) is 98.3 cm³/mol. The number of amides is 2. The Bertz CT molecular complexity index is 722. The van der Waals surface area contributed by atoms with Crippen LogP contribution in [-0.2, 0) is 11.2 Å². The second kappa shape index (κ2) is 7.94. The van der Waals surface area contributed by atoms with Crippen molar-refractivity contribution in [2.75, 3.05) is 18.4 Å². The van der Waals surface area contributed by atoms with Crippen LogP contribution in [0.5, 0.6) is 0 Å². The number of nitrogens with zero attached hydrogens (tertiary/aromatic N) is 1. The van der Waals surface area contributed by atoms with Crippen LogP contribution in [-0.4, -0.2) is 35.8 Å². The average molecular weight is 337 g/mol. The molecule has 1 saturated heterocycles. The Labute approximate surface area is 147 Å². The number of anilines is 1. The van der Waals surface area contributed by atoms with Crippen molar-refractivity contribution in [2.24, 2.45) is 5.73 Å². The van der Waals surface area contributed by atoms with Gasteiger partial charge < -0.3 is 16.0 Å². The third kappa shape index (κ3) is 4.45. The van der Waals surface area contributed by atoms with Crippen molar-refractivity contribution in [2.45, 2.75) is 25.3 Å². The highest BCUT2D eigenvalue weighted by Gasteiger charge is 2.19. The molecule has 0 spiro atoms. The molecule has 3 rings (SSSR count). The molecule has 130 valence electrons. The average Bonchev–Trinajstić information content (AvgIpc) is 3.17. The largest absolute Gasteiger partial charge is 0.339 e. The second-order valence-corrected chi connectivity index (χ2v) is 6.36. The van der Waals surface area contributed by atoms with E-state index in [1.54, 1.807) is 24.3 Å². The summed E-state index contributed by atoms with van der Waals surface area (Å²) in [5.41, 5.74) is 8.30. The summed E-state index contributed by atoms with van der Waals surface area (Å²) in [6.07, 6.45) is 2.62. The van der Waals surface area contributed by atoms with Gasteiger partial charge in [-0.25, -0.2) is 0 Å². The summed E-state index contributed by atoms with van der Waals surface area (Å²) < 4.78 is 0. The Morgan fingerprint density at radius 1 is 1.00 bits per heavy atom. The fourth-order valence-corrected chi connectivity index (χ4v) is 2.99. The molecule has 3 N–H and O–H groups in total. The van der Waals surface area contributed by atoms with Gasteiger partial charge in [-0.15, -0.1) is 0 Å². The first-order valence-electron chi connectivity index (χ1n) is 8.63. The fourth-order valence-electron chi connectivity index (χ4n) is 2.99. The Hall–Kier alpha value is -2.66. The molecule has 1 unspecified atom stereocenters. The summed E-state index contributed by atoms with van der Waals surface area (Å²) in [4.78, 5) is 26.4. The van der Waals surface area contributed by atoms with Gasteiger partial charge in [0.1, 0.15) is 0 Å². The Morgan fingerprint density at radius 2 is 1.64 bits per heavy atom. The maximum Gasteiger partial charge on any atom is 0.253 e. The highest BCUT2D eigenvalue weighted by molar-refractivity contribution is 5.97. The first-order valence-corrected chi connectivity index (χ1v) is 8.63. The van der Waals surface area contributed by atoms with Crippen molar-refractivity contribution < 1.29 is 9.59 Å². The van der Waals surface area contributed by atoms with Crippen molar-refractivity contribution in [3.8, 4) is 0 Å². The van der Waals surface area contributed by atoms with Gasteiger partial charge in [-0.05, 0) is 49.1 Å².